The largest absolute Gasteiger partial charge is 0.481 e. The normalized spacial score (nSPS) is 10.6. The van der Waals surface area contributed by atoms with E-state index in [0.29, 0.717) is 12.3 Å². The Balaban J connectivity index is 1.55. The van der Waals surface area contributed by atoms with Crippen LogP contribution in [0.5, 0.6) is 5.75 Å². The summed E-state index contributed by atoms with van der Waals surface area (Å²) in [6, 6.07) is 11.9. The molecule has 0 aliphatic carbocycles. The van der Waals surface area contributed by atoms with Crippen molar-refractivity contribution in [1.82, 2.24) is 10.2 Å². The number of anilines is 1. The Hall–Kier alpha value is -3.22. The number of hydrogen-bond donors (Lipinski definition) is 1. The summed E-state index contributed by atoms with van der Waals surface area (Å²) in [6.45, 7) is 3.71. The molecule has 3 aromatic rings. The Kier molecular flexibility index (Phi) is 5.26. The van der Waals surface area contributed by atoms with Gasteiger partial charge in [0, 0.05) is 0 Å². The summed E-state index contributed by atoms with van der Waals surface area (Å²) >= 11 is 0. The highest BCUT2D eigenvalue weighted by molar-refractivity contribution is 5.89. The van der Waals surface area contributed by atoms with E-state index < -0.39 is 11.7 Å². The predicted molar refractivity (Wildman–Crippen MR) is 93.5 cm³/mol. The number of rotatable bonds is 6. The molecule has 0 unspecified atom stereocenters. The van der Waals surface area contributed by atoms with Gasteiger partial charge in [-0.05, 0) is 42.7 Å². The third-order valence-corrected chi connectivity index (χ3v) is 3.84. The fourth-order valence-electron chi connectivity index (χ4n) is 2.32. The van der Waals surface area contributed by atoms with E-state index in [2.05, 4.69) is 21.6 Å². The monoisotopic (exact) mass is 355 g/mol. The molecule has 1 amide bonds. The second-order valence-electron chi connectivity index (χ2n) is 5.86. The van der Waals surface area contributed by atoms with Crippen LogP contribution >= 0.6 is 0 Å². The lowest BCUT2D eigenvalue weighted by atomic mass is 10.0. The fraction of sp³-hybridized carbons (Fsp3) is 0.211. The molecule has 0 radical (unpaired) electrons. The quantitative estimate of drug-likeness (QED) is 0.733. The third-order valence-electron chi connectivity index (χ3n) is 3.84. The van der Waals surface area contributed by atoms with Crippen LogP contribution in [0, 0.1) is 19.7 Å². The molecule has 0 aliphatic rings. The van der Waals surface area contributed by atoms with Crippen LogP contribution in [0.25, 0.3) is 0 Å². The van der Waals surface area contributed by atoms with Crippen molar-refractivity contribution in [3.05, 3.63) is 70.9 Å². The van der Waals surface area contributed by atoms with Gasteiger partial charge < -0.3 is 9.15 Å². The number of nitrogens with one attached hydrogen (secondary N) is 1. The maximum absolute atomic E-state index is 13.4. The Morgan fingerprint density at radius 2 is 1.96 bits per heavy atom. The highest BCUT2D eigenvalue weighted by Crippen LogP contribution is 2.16. The summed E-state index contributed by atoms with van der Waals surface area (Å²) in [5, 5.41) is 10.1. The number of aryl methyl sites for hydroxylation is 2. The number of carbonyl (C=O) groups is 1. The smallest absolute Gasteiger partial charge is 0.322 e. The molecular formula is C19H18FN3O3. The molecule has 6 nitrogen and oxygen atoms in total. The topological polar surface area (TPSA) is 77.2 Å². The molecule has 0 aliphatic heterocycles. The minimum absolute atomic E-state index is 0.00334. The van der Waals surface area contributed by atoms with Crippen molar-refractivity contribution in [1.29, 1.82) is 0 Å². The zero-order valence-corrected chi connectivity index (χ0v) is 14.5. The average molecular weight is 355 g/mol. The van der Waals surface area contributed by atoms with E-state index in [0.717, 1.165) is 5.56 Å². The zero-order valence-electron chi connectivity index (χ0n) is 14.5. The number of nitrogens with zero attached hydrogens (tertiary/aromatic N) is 2. The van der Waals surface area contributed by atoms with Crippen LogP contribution in [0.1, 0.15) is 22.6 Å². The SMILES string of the molecule is Cc1ccc(Cc2nnc(NC(=O)COc3ccccc3F)o2)cc1C. The third kappa shape index (κ3) is 4.44. The molecule has 7 heteroatoms. The molecule has 0 atom stereocenters. The number of para-hydroxylation sites is 1. The summed E-state index contributed by atoms with van der Waals surface area (Å²) in [6.07, 6.45) is 0.468. The first kappa shape index (κ1) is 17.6. The van der Waals surface area contributed by atoms with Crippen LogP contribution in [-0.4, -0.2) is 22.7 Å². The standard InChI is InChI=1S/C19H18FN3O3/c1-12-7-8-14(9-13(12)2)10-18-22-23-19(26-18)21-17(24)11-25-16-6-4-3-5-15(16)20/h3-9H,10-11H2,1-2H3,(H,21,23,24). The van der Waals surface area contributed by atoms with E-state index in [1.807, 2.05) is 26.0 Å². The minimum Gasteiger partial charge on any atom is -0.481 e. The molecule has 0 spiro atoms. The number of halogens is 1. The highest BCUT2D eigenvalue weighted by Gasteiger charge is 2.12. The number of hydrogen-bond acceptors (Lipinski definition) is 5. The summed E-state index contributed by atoms with van der Waals surface area (Å²) < 4.78 is 24.0. The average Bonchev–Trinajstić information content (AvgIpc) is 3.04. The predicted octanol–water partition coefficient (Wildman–Crippen LogP) is 3.43. The van der Waals surface area contributed by atoms with Gasteiger partial charge in [-0.25, -0.2) is 4.39 Å². The van der Waals surface area contributed by atoms with E-state index in [9.17, 15) is 9.18 Å². The Bertz CT molecular complexity index is 924. The van der Waals surface area contributed by atoms with Gasteiger partial charge in [0.1, 0.15) is 0 Å². The molecule has 0 bridgehead atoms. The van der Waals surface area contributed by atoms with Gasteiger partial charge in [-0.1, -0.05) is 35.4 Å². The van der Waals surface area contributed by atoms with Crippen LogP contribution in [0.2, 0.25) is 0 Å². The lowest BCUT2D eigenvalue weighted by Crippen LogP contribution is -2.20. The van der Waals surface area contributed by atoms with Gasteiger partial charge in [-0.3, -0.25) is 10.1 Å². The van der Waals surface area contributed by atoms with Crippen LogP contribution in [0.15, 0.2) is 46.9 Å². The van der Waals surface area contributed by atoms with Crippen molar-refractivity contribution >= 4 is 11.9 Å². The van der Waals surface area contributed by atoms with Crippen LogP contribution < -0.4 is 10.1 Å². The molecular weight excluding hydrogens is 337 g/mol. The zero-order chi connectivity index (χ0) is 18.5. The first-order valence-electron chi connectivity index (χ1n) is 8.07. The van der Waals surface area contributed by atoms with Crippen molar-refractivity contribution in [2.45, 2.75) is 20.3 Å². The summed E-state index contributed by atoms with van der Waals surface area (Å²) in [4.78, 5) is 11.9. The molecule has 1 N–H and O–H groups in total. The van der Waals surface area contributed by atoms with E-state index in [1.54, 1.807) is 6.07 Å². The van der Waals surface area contributed by atoms with Crippen molar-refractivity contribution < 1.29 is 18.3 Å². The summed E-state index contributed by atoms with van der Waals surface area (Å²) in [7, 11) is 0. The van der Waals surface area contributed by atoms with Crippen molar-refractivity contribution in [3.63, 3.8) is 0 Å². The fourth-order valence-corrected chi connectivity index (χ4v) is 2.32. The minimum atomic E-state index is -0.534. The van der Waals surface area contributed by atoms with E-state index in [-0.39, 0.29) is 18.4 Å². The molecule has 1 aromatic heterocycles. The number of ether oxygens (including phenoxy) is 1. The number of aromatic nitrogens is 2. The van der Waals surface area contributed by atoms with Gasteiger partial charge in [0.2, 0.25) is 5.89 Å². The van der Waals surface area contributed by atoms with Gasteiger partial charge in [0.25, 0.3) is 5.91 Å². The maximum Gasteiger partial charge on any atom is 0.322 e. The Morgan fingerprint density at radius 3 is 2.73 bits per heavy atom. The van der Waals surface area contributed by atoms with Gasteiger partial charge in [0.05, 0.1) is 6.42 Å². The van der Waals surface area contributed by atoms with Crippen molar-refractivity contribution in [2.75, 3.05) is 11.9 Å². The van der Waals surface area contributed by atoms with E-state index in [1.165, 1.54) is 29.3 Å². The van der Waals surface area contributed by atoms with Gasteiger partial charge in [-0.2, -0.15) is 0 Å². The van der Waals surface area contributed by atoms with Crippen LogP contribution in [-0.2, 0) is 11.2 Å². The number of carbonyl (C=O) groups excluding carboxylic acids is 1. The van der Waals surface area contributed by atoms with Crippen LogP contribution in [0.3, 0.4) is 0 Å². The van der Waals surface area contributed by atoms with Gasteiger partial charge in [-0.15, -0.1) is 5.10 Å². The second kappa shape index (κ2) is 7.77. The molecule has 3 rings (SSSR count). The molecule has 2 aromatic carbocycles. The van der Waals surface area contributed by atoms with Gasteiger partial charge in [0.15, 0.2) is 18.2 Å². The second-order valence-corrected chi connectivity index (χ2v) is 5.86. The van der Waals surface area contributed by atoms with Crippen molar-refractivity contribution in [2.24, 2.45) is 0 Å². The highest BCUT2D eigenvalue weighted by atomic mass is 19.1. The molecule has 26 heavy (non-hydrogen) atoms. The summed E-state index contributed by atoms with van der Waals surface area (Å²) in [5.41, 5.74) is 3.43. The maximum atomic E-state index is 13.4. The first-order valence-corrected chi connectivity index (χ1v) is 8.07. The van der Waals surface area contributed by atoms with Gasteiger partial charge >= 0.3 is 6.01 Å². The van der Waals surface area contributed by atoms with Crippen LogP contribution in [0.4, 0.5) is 10.4 Å². The molecule has 0 saturated carbocycles. The van der Waals surface area contributed by atoms with E-state index >= 15 is 0 Å². The summed E-state index contributed by atoms with van der Waals surface area (Å²) in [5.74, 6) is -0.661. The van der Waals surface area contributed by atoms with Crippen molar-refractivity contribution in [3.8, 4) is 5.75 Å². The van der Waals surface area contributed by atoms with E-state index in [4.69, 9.17) is 9.15 Å². The first-order chi connectivity index (χ1) is 12.5. The Morgan fingerprint density at radius 1 is 1.15 bits per heavy atom. The molecule has 0 saturated heterocycles. The molecule has 134 valence electrons. The molecule has 1 heterocycles. The Labute approximate surface area is 150 Å². The number of benzene rings is 2. The lowest BCUT2D eigenvalue weighted by Gasteiger charge is -2.05. The lowest BCUT2D eigenvalue weighted by molar-refractivity contribution is -0.118. The number of amides is 1. The molecule has 0 fully saturated rings.